The third-order valence-electron chi connectivity index (χ3n) is 3.01. The molecule has 1 saturated carbocycles. The van der Waals surface area contributed by atoms with Gasteiger partial charge in [-0.2, -0.15) is 0 Å². The molecule has 1 aliphatic carbocycles. The molecule has 0 radical (unpaired) electrons. The number of primary amides is 1. The maximum Gasteiger partial charge on any atom is 0.318 e. The lowest BCUT2D eigenvalue weighted by Gasteiger charge is -2.15. The average molecular weight is 220 g/mol. The van der Waals surface area contributed by atoms with Gasteiger partial charge in [-0.15, -0.1) is 0 Å². The molecule has 0 saturated heterocycles. The van der Waals surface area contributed by atoms with Crippen molar-refractivity contribution < 1.29 is 9.90 Å². The topological polar surface area (TPSA) is 66.6 Å². The van der Waals surface area contributed by atoms with Crippen molar-refractivity contribution in [1.82, 2.24) is 0 Å². The normalized spacial score (nSPS) is 16.9. The van der Waals surface area contributed by atoms with Crippen LogP contribution in [0.5, 0.6) is 0 Å². The molecule has 1 aromatic carbocycles. The van der Waals surface area contributed by atoms with Crippen molar-refractivity contribution in [2.24, 2.45) is 5.73 Å². The highest BCUT2D eigenvalue weighted by molar-refractivity contribution is 5.89. The van der Waals surface area contributed by atoms with Crippen LogP contribution in [0.3, 0.4) is 0 Å². The van der Waals surface area contributed by atoms with Gasteiger partial charge in [0.1, 0.15) is 0 Å². The molecule has 4 heteroatoms. The number of hydrogen-bond acceptors (Lipinski definition) is 2. The lowest BCUT2D eigenvalue weighted by molar-refractivity contribution is 0.151. The van der Waals surface area contributed by atoms with Gasteiger partial charge in [0.25, 0.3) is 0 Å². The molecule has 86 valence electrons. The van der Waals surface area contributed by atoms with Crippen molar-refractivity contribution in [1.29, 1.82) is 0 Å². The third kappa shape index (κ3) is 2.33. The largest absolute Gasteiger partial charge is 0.390 e. The fourth-order valence-electron chi connectivity index (χ4n) is 1.67. The van der Waals surface area contributed by atoms with E-state index in [0.717, 1.165) is 24.1 Å². The number of hydrogen-bond donors (Lipinski definition) is 2. The van der Waals surface area contributed by atoms with Gasteiger partial charge in [-0.3, -0.25) is 4.90 Å². The Labute approximate surface area is 94.7 Å². The van der Waals surface area contributed by atoms with Crippen LogP contribution in [0.2, 0.25) is 0 Å². The van der Waals surface area contributed by atoms with Gasteiger partial charge in [0.05, 0.1) is 5.60 Å². The second kappa shape index (κ2) is 3.79. The Hall–Kier alpha value is -1.55. The van der Waals surface area contributed by atoms with E-state index in [-0.39, 0.29) is 0 Å². The van der Waals surface area contributed by atoms with Crippen LogP contribution in [0.1, 0.15) is 18.4 Å². The molecule has 16 heavy (non-hydrogen) atoms. The molecule has 1 fully saturated rings. The monoisotopic (exact) mass is 220 g/mol. The number of nitrogens with zero attached hydrogens (tertiary/aromatic N) is 1. The van der Waals surface area contributed by atoms with Gasteiger partial charge >= 0.3 is 6.03 Å². The van der Waals surface area contributed by atoms with Gasteiger partial charge < -0.3 is 10.8 Å². The summed E-state index contributed by atoms with van der Waals surface area (Å²) in [4.78, 5) is 12.3. The number of benzene rings is 1. The number of carbonyl (C=O) groups is 1. The molecule has 1 aliphatic rings. The summed E-state index contributed by atoms with van der Waals surface area (Å²) < 4.78 is 0. The molecular weight excluding hydrogens is 204 g/mol. The lowest BCUT2D eigenvalue weighted by atomic mass is 10.1. The van der Waals surface area contributed by atoms with Crippen molar-refractivity contribution in [3.8, 4) is 0 Å². The van der Waals surface area contributed by atoms with Crippen molar-refractivity contribution in [2.75, 3.05) is 11.9 Å². The molecule has 2 amide bonds. The van der Waals surface area contributed by atoms with Crippen LogP contribution in [0.15, 0.2) is 24.3 Å². The highest BCUT2D eigenvalue weighted by Gasteiger charge is 2.39. The summed E-state index contributed by atoms with van der Waals surface area (Å²) >= 11 is 0. The Morgan fingerprint density at radius 1 is 1.44 bits per heavy atom. The van der Waals surface area contributed by atoms with E-state index in [0.29, 0.717) is 6.42 Å². The number of nitrogens with two attached hydrogens (primary N) is 1. The maximum absolute atomic E-state index is 10.9. The van der Waals surface area contributed by atoms with Gasteiger partial charge in [-0.25, -0.2) is 4.79 Å². The molecule has 4 nitrogen and oxygen atoms in total. The third-order valence-corrected chi connectivity index (χ3v) is 3.01. The standard InChI is InChI=1S/C12H16N2O2/c1-14(11(13)15)10-4-2-9(3-5-10)8-12(16)6-7-12/h2-5,16H,6-8H2,1H3,(H2,13,15). The van der Waals surface area contributed by atoms with Crippen LogP contribution in [-0.2, 0) is 6.42 Å². The summed E-state index contributed by atoms with van der Waals surface area (Å²) in [5.41, 5.74) is 6.54. The van der Waals surface area contributed by atoms with Crippen molar-refractivity contribution >= 4 is 11.7 Å². The minimum absolute atomic E-state index is 0.475. The average Bonchev–Trinajstić information content (AvgIpc) is 2.96. The summed E-state index contributed by atoms with van der Waals surface area (Å²) in [5, 5.41) is 9.76. The molecule has 3 N–H and O–H groups in total. The zero-order chi connectivity index (χ0) is 11.8. The Morgan fingerprint density at radius 2 is 2.00 bits per heavy atom. The van der Waals surface area contributed by atoms with E-state index >= 15 is 0 Å². The fourth-order valence-corrected chi connectivity index (χ4v) is 1.67. The quantitative estimate of drug-likeness (QED) is 0.805. The number of urea groups is 1. The van der Waals surface area contributed by atoms with Gasteiger partial charge in [0.15, 0.2) is 0 Å². The van der Waals surface area contributed by atoms with Crippen LogP contribution < -0.4 is 10.6 Å². The van der Waals surface area contributed by atoms with Crippen LogP contribution in [-0.4, -0.2) is 23.8 Å². The van der Waals surface area contributed by atoms with Gasteiger partial charge in [-0.1, -0.05) is 12.1 Å². The van der Waals surface area contributed by atoms with E-state index < -0.39 is 11.6 Å². The summed E-state index contributed by atoms with van der Waals surface area (Å²) in [6.45, 7) is 0. The summed E-state index contributed by atoms with van der Waals surface area (Å²) in [6, 6.07) is 7.04. The number of rotatable bonds is 3. The highest BCUT2D eigenvalue weighted by Crippen LogP contribution is 2.38. The van der Waals surface area contributed by atoms with Crippen molar-refractivity contribution in [3.05, 3.63) is 29.8 Å². The predicted octanol–water partition coefficient (Wildman–Crippen LogP) is 1.27. The molecular formula is C12H16N2O2. The van der Waals surface area contributed by atoms with E-state index in [1.807, 2.05) is 24.3 Å². The number of amides is 2. The second-order valence-corrected chi connectivity index (χ2v) is 4.46. The summed E-state index contributed by atoms with van der Waals surface area (Å²) in [5.74, 6) is 0. The molecule has 0 heterocycles. The summed E-state index contributed by atoms with van der Waals surface area (Å²) in [7, 11) is 1.63. The zero-order valence-corrected chi connectivity index (χ0v) is 9.31. The van der Waals surface area contributed by atoms with E-state index in [2.05, 4.69) is 0 Å². The lowest BCUT2D eigenvalue weighted by Crippen LogP contribution is -2.31. The fraction of sp³-hybridized carbons (Fsp3) is 0.417. The Morgan fingerprint density at radius 3 is 2.44 bits per heavy atom. The molecule has 0 atom stereocenters. The molecule has 0 aliphatic heterocycles. The van der Waals surface area contributed by atoms with E-state index in [4.69, 9.17) is 5.73 Å². The van der Waals surface area contributed by atoms with Crippen molar-refractivity contribution in [3.63, 3.8) is 0 Å². The Bertz CT molecular complexity index is 396. The molecule has 0 unspecified atom stereocenters. The van der Waals surface area contributed by atoms with E-state index in [9.17, 15) is 9.90 Å². The van der Waals surface area contributed by atoms with Gasteiger partial charge in [0, 0.05) is 19.2 Å². The zero-order valence-electron chi connectivity index (χ0n) is 9.31. The Balaban J connectivity index is 2.07. The molecule has 0 bridgehead atoms. The first kappa shape index (κ1) is 11.0. The first-order valence-corrected chi connectivity index (χ1v) is 5.35. The first-order chi connectivity index (χ1) is 7.50. The highest BCUT2D eigenvalue weighted by atomic mass is 16.3. The van der Waals surface area contributed by atoms with Crippen LogP contribution >= 0.6 is 0 Å². The predicted molar refractivity (Wildman–Crippen MR) is 62.3 cm³/mol. The molecule has 2 rings (SSSR count). The number of carbonyl (C=O) groups excluding carboxylic acids is 1. The Kier molecular flexibility index (Phi) is 2.59. The van der Waals surface area contributed by atoms with Gasteiger partial charge in [0.2, 0.25) is 0 Å². The number of aliphatic hydroxyl groups is 1. The van der Waals surface area contributed by atoms with Crippen molar-refractivity contribution in [2.45, 2.75) is 24.9 Å². The maximum atomic E-state index is 10.9. The number of anilines is 1. The van der Waals surface area contributed by atoms with Crippen LogP contribution in [0.4, 0.5) is 10.5 Å². The SMILES string of the molecule is CN(C(N)=O)c1ccc(CC2(O)CC2)cc1. The minimum Gasteiger partial charge on any atom is -0.390 e. The van der Waals surface area contributed by atoms with E-state index in [1.54, 1.807) is 7.05 Å². The first-order valence-electron chi connectivity index (χ1n) is 5.35. The molecule has 0 spiro atoms. The van der Waals surface area contributed by atoms with Gasteiger partial charge in [-0.05, 0) is 30.5 Å². The van der Waals surface area contributed by atoms with Crippen LogP contribution in [0.25, 0.3) is 0 Å². The minimum atomic E-state index is -0.478. The summed E-state index contributed by atoms with van der Waals surface area (Å²) in [6.07, 6.45) is 2.46. The smallest absolute Gasteiger partial charge is 0.318 e. The van der Waals surface area contributed by atoms with Crippen LogP contribution in [0, 0.1) is 0 Å². The van der Waals surface area contributed by atoms with E-state index in [1.165, 1.54) is 4.90 Å². The molecule has 0 aromatic heterocycles. The molecule has 1 aromatic rings. The second-order valence-electron chi connectivity index (χ2n) is 4.46.